The molecule has 0 unspecified atom stereocenters. The number of rotatable bonds is 8. The molecule has 12 heteroatoms. The summed E-state index contributed by atoms with van der Waals surface area (Å²) in [6.45, 7) is 3.47. The Morgan fingerprint density at radius 2 is 1.71 bits per heavy atom. The number of aryl methyl sites for hydroxylation is 2. The minimum Gasteiger partial charge on any atom is -0.470 e. The monoisotopic (exact) mass is 512 g/mol. The summed E-state index contributed by atoms with van der Waals surface area (Å²) in [4.78, 5) is 20.9. The van der Waals surface area contributed by atoms with Gasteiger partial charge in [0.05, 0.1) is 9.92 Å². The second kappa shape index (κ2) is 10.1. The van der Waals surface area contributed by atoms with E-state index < -0.39 is 15.9 Å². The van der Waals surface area contributed by atoms with Crippen LogP contribution in [0.25, 0.3) is 0 Å². The maximum Gasteiger partial charge on any atom is 0.274 e. The van der Waals surface area contributed by atoms with Crippen LogP contribution in [0.2, 0.25) is 5.02 Å². The van der Waals surface area contributed by atoms with E-state index in [1.807, 2.05) is 0 Å². The van der Waals surface area contributed by atoms with Crippen molar-refractivity contribution in [1.82, 2.24) is 19.7 Å². The van der Waals surface area contributed by atoms with E-state index in [0.717, 1.165) is 0 Å². The minimum atomic E-state index is -3.91. The zero-order valence-electron chi connectivity index (χ0n) is 18.8. The van der Waals surface area contributed by atoms with Gasteiger partial charge >= 0.3 is 0 Å². The minimum absolute atomic E-state index is 0.00330. The van der Waals surface area contributed by atoms with E-state index in [2.05, 4.69) is 25.1 Å². The van der Waals surface area contributed by atoms with Gasteiger partial charge in [0.25, 0.3) is 15.9 Å². The third-order valence-corrected chi connectivity index (χ3v) is 6.41. The zero-order valence-corrected chi connectivity index (χ0v) is 20.3. The van der Waals surface area contributed by atoms with E-state index in [4.69, 9.17) is 16.3 Å². The van der Waals surface area contributed by atoms with Crippen LogP contribution in [0.3, 0.4) is 0 Å². The lowest BCUT2D eigenvalue weighted by atomic mass is 10.3. The zero-order chi connectivity index (χ0) is 25.0. The quantitative estimate of drug-likeness (QED) is 0.364. The van der Waals surface area contributed by atoms with E-state index in [1.54, 1.807) is 44.2 Å². The molecule has 0 bridgehead atoms. The molecular formula is C23H21ClN6O4S. The molecular weight excluding hydrogens is 492 g/mol. The topological polar surface area (TPSA) is 128 Å². The molecule has 2 heterocycles. The van der Waals surface area contributed by atoms with Crippen LogP contribution in [-0.2, 0) is 16.8 Å². The van der Waals surface area contributed by atoms with Crippen LogP contribution in [0.15, 0.2) is 71.8 Å². The predicted molar refractivity (Wildman–Crippen MR) is 131 cm³/mol. The smallest absolute Gasteiger partial charge is 0.274 e. The van der Waals surface area contributed by atoms with E-state index in [-0.39, 0.29) is 23.3 Å². The Labute approximate surface area is 207 Å². The Bertz CT molecular complexity index is 1450. The average molecular weight is 513 g/mol. The highest BCUT2D eigenvalue weighted by atomic mass is 35.5. The molecule has 2 N–H and O–H groups in total. The molecule has 0 aliphatic carbocycles. The van der Waals surface area contributed by atoms with Gasteiger partial charge in [-0.2, -0.15) is 5.10 Å². The van der Waals surface area contributed by atoms with Crippen molar-refractivity contribution in [2.24, 2.45) is 0 Å². The van der Waals surface area contributed by atoms with Gasteiger partial charge in [-0.05, 0) is 62.4 Å². The van der Waals surface area contributed by atoms with Gasteiger partial charge in [0, 0.05) is 23.3 Å². The normalized spacial score (nSPS) is 11.2. The van der Waals surface area contributed by atoms with E-state index in [1.165, 1.54) is 41.2 Å². The molecule has 0 atom stereocenters. The second-order valence-corrected chi connectivity index (χ2v) is 9.57. The summed E-state index contributed by atoms with van der Waals surface area (Å²) in [5, 5.41) is 7.27. The number of carbonyl (C=O) groups excluding carboxylic acids is 1. The number of nitrogens with zero attached hydrogens (tertiary/aromatic N) is 4. The molecule has 0 fully saturated rings. The molecule has 180 valence electrons. The summed E-state index contributed by atoms with van der Waals surface area (Å²) in [5.41, 5.74) is 1.94. The van der Waals surface area contributed by atoms with Gasteiger partial charge in [-0.15, -0.1) is 0 Å². The summed E-state index contributed by atoms with van der Waals surface area (Å²) in [5.74, 6) is 0.0161. The van der Waals surface area contributed by atoms with E-state index in [0.29, 0.717) is 27.8 Å². The highest BCUT2D eigenvalue weighted by molar-refractivity contribution is 7.92. The lowest BCUT2D eigenvalue weighted by Crippen LogP contribution is -2.20. The number of sulfonamides is 1. The van der Waals surface area contributed by atoms with Gasteiger partial charge in [-0.1, -0.05) is 23.7 Å². The SMILES string of the molecule is Cc1cc(C)nc(NS(=O)(=O)c2ccc(NC(=O)c3ccnn3COc3ccccc3Cl)cc2)n1. The summed E-state index contributed by atoms with van der Waals surface area (Å²) in [7, 11) is -3.91. The van der Waals surface area contributed by atoms with E-state index >= 15 is 0 Å². The number of anilines is 2. The van der Waals surface area contributed by atoms with Gasteiger partial charge in [-0.25, -0.2) is 27.8 Å². The van der Waals surface area contributed by atoms with Crippen LogP contribution in [0.5, 0.6) is 5.75 Å². The maximum absolute atomic E-state index is 12.8. The second-order valence-electron chi connectivity index (χ2n) is 7.48. The Hall–Kier alpha value is -3.96. The molecule has 0 saturated heterocycles. The first-order chi connectivity index (χ1) is 16.7. The molecule has 0 spiro atoms. The Kier molecular flexibility index (Phi) is 6.99. The lowest BCUT2D eigenvalue weighted by Gasteiger charge is -2.11. The fraction of sp³-hybridized carbons (Fsp3) is 0.130. The molecule has 0 aliphatic rings. The molecule has 2 aromatic heterocycles. The standard InChI is InChI=1S/C23H21ClN6O4S/c1-15-13-16(2)27-23(26-15)29-35(32,33)18-9-7-17(8-10-18)28-22(31)20-11-12-25-30(20)14-34-21-6-4-3-5-19(21)24/h3-13H,14H2,1-2H3,(H,28,31)(H,26,27,29). The molecule has 0 saturated carbocycles. The van der Waals surface area contributed by atoms with E-state index in [9.17, 15) is 13.2 Å². The first-order valence-corrected chi connectivity index (χ1v) is 12.2. The number of aromatic nitrogens is 4. The van der Waals surface area contributed by atoms with Crippen LogP contribution in [0.1, 0.15) is 21.9 Å². The van der Waals surface area contributed by atoms with Crippen LogP contribution < -0.4 is 14.8 Å². The molecule has 0 aliphatic heterocycles. The summed E-state index contributed by atoms with van der Waals surface area (Å²) >= 11 is 6.09. The Morgan fingerprint density at radius 1 is 1.03 bits per heavy atom. The highest BCUT2D eigenvalue weighted by Crippen LogP contribution is 2.23. The Balaban J connectivity index is 1.42. The predicted octanol–water partition coefficient (Wildman–Crippen LogP) is 4.03. The third kappa shape index (κ3) is 5.94. The highest BCUT2D eigenvalue weighted by Gasteiger charge is 2.17. The molecule has 4 rings (SSSR count). The van der Waals surface area contributed by atoms with Gasteiger partial charge in [0.2, 0.25) is 5.95 Å². The third-order valence-electron chi connectivity index (χ3n) is 4.76. The number of hydrogen-bond acceptors (Lipinski definition) is 7. The maximum atomic E-state index is 12.8. The Morgan fingerprint density at radius 3 is 2.40 bits per heavy atom. The van der Waals surface area contributed by atoms with Crippen LogP contribution in [0.4, 0.5) is 11.6 Å². The largest absolute Gasteiger partial charge is 0.470 e. The summed E-state index contributed by atoms with van der Waals surface area (Å²) < 4.78 is 34.8. The lowest BCUT2D eigenvalue weighted by molar-refractivity contribution is 0.100. The molecule has 10 nitrogen and oxygen atoms in total. The van der Waals surface area contributed by atoms with Crippen LogP contribution in [0, 0.1) is 13.8 Å². The number of hydrogen-bond donors (Lipinski definition) is 2. The van der Waals surface area contributed by atoms with Crippen molar-refractivity contribution in [3.05, 3.63) is 89.0 Å². The summed E-state index contributed by atoms with van der Waals surface area (Å²) in [6.07, 6.45) is 1.47. The van der Waals surface area contributed by atoms with Gasteiger partial charge in [0.15, 0.2) is 6.73 Å². The van der Waals surface area contributed by atoms with Crippen molar-refractivity contribution in [2.45, 2.75) is 25.5 Å². The van der Waals surface area contributed by atoms with Crippen molar-refractivity contribution in [3.8, 4) is 5.75 Å². The van der Waals surface area contributed by atoms with Gasteiger partial charge < -0.3 is 10.1 Å². The number of carbonyl (C=O) groups is 1. The molecule has 0 radical (unpaired) electrons. The molecule has 2 aromatic carbocycles. The molecule has 35 heavy (non-hydrogen) atoms. The van der Waals surface area contributed by atoms with Gasteiger partial charge in [-0.3, -0.25) is 4.79 Å². The van der Waals surface area contributed by atoms with Crippen LogP contribution in [-0.4, -0.2) is 34.1 Å². The van der Waals surface area contributed by atoms with Crippen molar-refractivity contribution in [2.75, 3.05) is 10.0 Å². The van der Waals surface area contributed by atoms with Crippen molar-refractivity contribution in [1.29, 1.82) is 0 Å². The number of nitrogens with one attached hydrogen (secondary N) is 2. The van der Waals surface area contributed by atoms with Crippen molar-refractivity contribution < 1.29 is 17.9 Å². The average Bonchev–Trinajstić information content (AvgIpc) is 3.27. The number of amides is 1. The number of ether oxygens (including phenoxy) is 1. The first-order valence-electron chi connectivity index (χ1n) is 10.4. The number of benzene rings is 2. The molecule has 1 amide bonds. The fourth-order valence-electron chi connectivity index (χ4n) is 3.18. The van der Waals surface area contributed by atoms with Crippen molar-refractivity contribution >= 4 is 39.2 Å². The summed E-state index contributed by atoms with van der Waals surface area (Å²) in [6, 6.07) is 16.0. The fourth-order valence-corrected chi connectivity index (χ4v) is 4.32. The molecule has 4 aromatic rings. The van der Waals surface area contributed by atoms with Crippen molar-refractivity contribution in [3.63, 3.8) is 0 Å². The first kappa shape index (κ1) is 24.2. The number of halogens is 1. The van der Waals surface area contributed by atoms with Gasteiger partial charge in [0.1, 0.15) is 11.4 Å². The van der Waals surface area contributed by atoms with Crippen LogP contribution >= 0.6 is 11.6 Å². The number of para-hydroxylation sites is 1.